The van der Waals surface area contributed by atoms with Crippen LogP contribution >= 0.6 is 22.9 Å². The van der Waals surface area contributed by atoms with Crippen LogP contribution < -0.4 is 10.1 Å². The van der Waals surface area contributed by atoms with Crippen LogP contribution in [0.15, 0.2) is 35.7 Å². The third-order valence-corrected chi connectivity index (χ3v) is 3.37. The van der Waals surface area contributed by atoms with Gasteiger partial charge in [0.1, 0.15) is 5.75 Å². The molecule has 1 aromatic carbocycles. The number of halogens is 3. The normalized spacial score (nSPS) is 10.7. The summed E-state index contributed by atoms with van der Waals surface area (Å²) in [6, 6.07) is 8.61. The van der Waals surface area contributed by atoms with E-state index in [0.29, 0.717) is 6.54 Å². The first-order valence-corrected chi connectivity index (χ1v) is 6.41. The molecule has 0 aliphatic rings. The zero-order valence-electron chi connectivity index (χ0n) is 9.20. The first-order valence-electron chi connectivity index (χ1n) is 5.16. The largest absolute Gasteiger partial charge is 0.433 e. The number of nitrogens with one attached hydrogen (secondary N) is 1. The van der Waals surface area contributed by atoms with Crippen molar-refractivity contribution in [3.63, 3.8) is 0 Å². The second kappa shape index (κ2) is 6.02. The van der Waals surface area contributed by atoms with Crippen molar-refractivity contribution < 1.29 is 13.5 Å². The smallest absolute Gasteiger partial charge is 0.387 e. The zero-order valence-corrected chi connectivity index (χ0v) is 10.8. The molecule has 0 radical (unpaired) electrons. The highest BCUT2D eigenvalue weighted by molar-refractivity contribution is 7.09. The highest BCUT2D eigenvalue weighted by atomic mass is 35.5. The van der Waals surface area contributed by atoms with Gasteiger partial charge in [-0.15, -0.1) is 11.3 Å². The van der Waals surface area contributed by atoms with E-state index in [9.17, 15) is 8.78 Å². The number of hydrogen-bond acceptors (Lipinski definition) is 3. The minimum Gasteiger partial charge on any atom is -0.433 e. The fraction of sp³-hybridized carbons (Fsp3) is 0.167. The third-order valence-electron chi connectivity index (χ3n) is 2.19. The molecule has 2 aromatic rings. The zero-order chi connectivity index (χ0) is 13.0. The van der Waals surface area contributed by atoms with Crippen LogP contribution in [-0.2, 0) is 6.54 Å². The quantitative estimate of drug-likeness (QED) is 0.867. The highest BCUT2D eigenvalue weighted by Crippen LogP contribution is 2.29. The molecule has 0 amide bonds. The van der Waals surface area contributed by atoms with Gasteiger partial charge >= 0.3 is 6.61 Å². The van der Waals surface area contributed by atoms with E-state index in [2.05, 4.69) is 10.1 Å². The van der Waals surface area contributed by atoms with Crippen LogP contribution in [0.5, 0.6) is 5.75 Å². The van der Waals surface area contributed by atoms with Gasteiger partial charge < -0.3 is 10.1 Å². The SMILES string of the molecule is FC(F)Oc1ccc(NCc2cccs2)cc1Cl. The molecule has 6 heteroatoms. The number of benzene rings is 1. The van der Waals surface area contributed by atoms with Gasteiger partial charge in [0.15, 0.2) is 0 Å². The number of hydrogen-bond donors (Lipinski definition) is 1. The van der Waals surface area contributed by atoms with Gasteiger partial charge in [0.25, 0.3) is 0 Å². The number of ether oxygens (including phenoxy) is 1. The van der Waals surface area contributed by atoms with Crippen molar-refractivity contribution in [3.05, 3.63) is 45.6 Å². The van der Waals surface area contributed by atoms with Crippen molar-refractivity contribution in [2.24, 2.45) is 0 Å². The van der Waals surface area contributed by atoms with E-state index >= 15 is 0 Å². The third kappa shape index (κ3) is 3.58. The molecule has 0 aliphatic heterocycles. The Morgan fingerprint density at radius 2 is 2.17 bits per heavy atom. The van der Waals surface area contributed by atoms with Crippen LogP contribution in [0.4, 0.5) is 14.5 Å². The summed E-state index contributed by atoms with van der Waals surface area (Å²) in [4.78, 5) is 1.18. The first kappa shape index (κ1) is 13.1. The summed E-state index contributed by atoms with van der Waals surface area (Å²) in [5, 5.41) is 5.30. The van der Waals surface area contributed by atoms with Crippen molar-refractivity contribution in [1.29, 1.82) is 0 Å². The lowest BCUT2D eigenvalue weighted by atomic mass is 10.3. The molecular formula is C12H10ClF2NOS. The minimum absolute atomic E-state index is 0.0201. The summed E-state index contributed by atoms with van der Waals surface area (Å²) < 4.78 is 28.3. The maximum absolute atomic E-state index is 12.0. The molecule has 0 saturated carbocycles. The van der Waals surface area contributed by atoms with E-state index in [1.54, 1.807) is 23.5 Å². The summed E-state index contributed by atoms with van der Waals surface area (Å²) in [6.07, 6.45) is 0. The van der Waals surface area contributed by atoms with Crippen molar-refractivity contribution in [2.75, 3.05) is 5.32 Å². The number of anilines is 1. The van der Waals surface area contributed by atoms with Gasteiger partial charge in [-0.25, -0.2) is 0 Å². The average molecular weight is 290 g/mol. The molecule has 96 valence electrons. The number of thiophene rings is 1. The molecule has 0 unspecified atom stereocenters. The fourth-order valence-electron chi connectivity index (χ4n) is 1.40. The van der Waals surface area contributed by atoms with Gasteiger partial charge in [-0.2, -0.15) is 8.78 Å². The van der Waals surface area contributed by atoms with Gasteiger partial charge in [-0.1, -0.05) is 17.7 Å². The number of alkyl halides is 2. The van der Waals surface area contributed by atoms with Gasteiger partial charge in [0, 0.05) is 17.1 Å². The lowest BCUT2D eigenvalue weighted by molar-refractivity contribution is -0.0497. The Morgan fingerprint density at radius 1 is 1.33 bits per heavy atom. The lowest BCUT2D eigenvalue weighted by Crippen LogP contribution is -2.03. The van der Waals surface area contributed by atoms with E-state index in [0.717, 1.165) is 5.69 Å². The van der Waals surface area contributed by atoms with E-state index in [4.69, 9.17) is 11.6 Å². The Morgan fingerprint density at radius 3 is 2.78 bits per heavy atom. The lowest BCUT2D eigenvalue weighted by Gasteiger charge is -2.09. The van der Waals surface area contributed by atoms with E-state index < -0.39 is 6.61 Å². The average Bonchev–Trinajstić information content (AvgIpc) is 2.82. The van der Waals surface area contributed by atoms with Crippen molar-refractivity contribution in [1.82, 2.24) is 0 Å². The van der Waals surface area contributed by atoms with Crippen molar-refractivity contribution in [3.8, 4) is 5.75 Å². The maximum Gasteiger partial charge on any atom is 0.387 e. The molecule has 2 rings (SSSR count). The second-order valence-electron chi connectivity index (χ2n) is 3.46. The Labute approximate surface area is 112 Å². The standard InChI is InChI=1S/C12H10ClF2NOS/c13-10-6-8(3-4-11(10)17-12(14)15)16-7-9-2-1-5-18-9/h1-6,12,16H,7H2. The van der Waals surface area contributed by atoms with Crippen LogP contribution in [0.25, 0.3) is 0 Å². The maximum atomic E-state index is 12.0. The summed E-state index contributed by atoms with van der Waals surface area (Å²) in [5.74, 6) is -0.0201. The first-order chi connectivity index (χ1) is 8.65. The highest BCUT2D eigenvalue weighted by Gasteiger charge is 2.08. The molecular weight excluding hydrogens is 280 g/mol. The van der Waals surface area contributed by atoms with E-state index in [1.807, 2.05) is 17.5 Å². The Hall–Kier alpha value is -1.33. The monoisotopic (exact) mass is 289 g/mol. The number of rotatable bonds is 5. The molecule has 2 nitrogen and oxygen atoms in total. The molecule has 0 saturated heterocycles. The van der Waals surface area contributed by atoms with Gasteiger partial charge in [0.2, 0.25) is 0 Å². The molecule has 1 heterocycles. The molecule has 0 fully saturated rings. The van der Waals surface area contributed by atoms with E-state index in [1.165, 1.54) is 10.9 Å². The fourth-order valence-corrected chi connectivity index (χ4v) is 2.27. The Balaban J connectivity index is 2.00. The van der Waals surface area contributed by atoms with Crippen LogP contribution in [0, 0.1) is 0 Å². The summed E-state index contributed by atoms with van der Waals surface area (Å²) in [7, 11) is 0. The molecule has 18 heavy (non-hydrogen) atoms. The van der Waals surface area contributed by atoms with Gasteiger partial charge in [-0.3, -0.25) is 0 Å². The summed E-state index contributed by atoms with van der Waals surface area (Å²) >= 11 is 7.48. The second-order valence-corrected chi connectivity index (χ2v) is 4.90. The predicted octanol–water partition coefficient (Wildman–Crippen LogP) is 4.62. The van der Waals surface area contributed by atoms with Crippen LogP contribution in [-0.4, -0.2) is 6.61 Å². The molecule has 0 aliphatic carbocycles. The van der Waals surface area contributed by atoms with E-state index in [-0.39, 0.29) is 10.8 Å². The summed E-state index contributed by atoms with van der Waals surface area (Å²) in [5.41, 5.74) is 0.759. The van der Waals surface area contributed by atoms with Crippen LogP contribution in [0.3, 0.4) is 0 Å². The van der Waals surface area contributed by atoms with Gasteiger partial charge in [-0.05, 0) is 29.6 Å². The Bertz CT molecular complexity index is 505. The molecule has 0 bridgehead atoms. The predicted molar refractivity (Wildman–Crippen MR) is 69.7 cm³/mol. The Kier molecular flexibility index (Phi) is 4.38. The van der Waals surface area contributed by atoms with Crippen LogP contribution in [0.2, 0.25) is 5.02 Å². The van der Waals surface area contributed by atoms with Crippen molar-refractivity contribution in [2.45, 2.75) is 13.2 Å². The molecule has 0 spiro atoms. The molecule has 0 atom stereocenters. The summed E-state index contributed by atoms with van der Waals surface area (Å²) in [6.45, 7) is -2.20. The molecule has 1 N–H and O–H groups in total. The van der Waals surface area contributed by atoms with Crippen molar-refractivity contribution >= 4 is 28.6 Å². The molecule has 1 aromatic heterocycles. The minimum atomic E-state index is -2.87. The van der Waals surface area contributed by atoms with Crippen LogP contribution in [0.1, 0.15) is 4.88 Å². The topological polar surface area (TPSA) is 21.3 Å². The van der Waals surface area contributed by atoms with Gasteiger partial charge in [0.05, 0.1) is 5.02 Å².